The number of ketones is 2. The first kappa shape index (κ1) is 14.8. The Morgan fingerprint density at radius 3 is 2.04 bits per heavy atom. The van der Waals surface area contributed by atoms with Gasteiger partial charge in [-0.15, -0.1) is 0 Å². The molecule has 2 aromatic rings. The number of rotatable bonds is 2. The molecule has 0 spiro atoms. The van der Waals surface area contributed by atoms with E-state index in [1.165, 1.54) is 36.4 Å². The predicted molar refractivity (Wildman–Crippen MR) is 80.2 cm³/mol. The van der Waals surface area contributed by atoms with E-state index in [1.54, 1.807) is 12.1 Å². The average Bonchev–Trinajstić information content (AvgIpc) is 2.54. The van der Waals surface area contributed by atoms with Crippen LogP contribution in [0.3, 0.4) is 0 Å². The fourth-order valence-corrected chi connectivity index (χ4v) is 2.47. The number of Topliss-reactive ketones (excluding diaryl/α,β-unsaturated/α-hetero) is 2. The molecule has 1 aliphatic carbocycles. The summed E-state index contributed by atoms with van der Waals surface area (Å²) in [6.07, 6.45) is 0. The lowest BCUT2D eigenvalue weighted by atomic mass is 9.85. The highest BCUT2D eigenvalue weighted by molar-refractivity contribution is 6.40. The molecule has 114 valence electrons. The second-order valence-corrected chi connectivity index (χ2v) is 5.01. The minimum Gasteiger partial charge on any atom is -0.422 e. The summed E-state index contributed by atoms with van der Waals surface area (Å²) in [5.41, 5.74) is 0.687. The van der Waals surface area contributed by atoms with E-state index < -0.39 is 23.4 Å². The molecule has 0 fully saturated rings. The summed E-state index contributed by atoms with van der Waals surface area (Å²) in [7, 11) is 0. The Kier molecular flexibility index (Phi) is 3.62. The van der Waals surface area contributed by atoms with Gasteiger partial charge >= 0.3 is 5.97 Å². The van der Waals surface area contributed by atoms with Crippen molar-refractivity contribution in [1.29, 1.82) is 0 Å². The van der Waals surface area contributed by atoms with Crippen LogP contribution in [0.15, 0.2) is 54.3 Å². The summed E-state index contributed by atoms with van der Waals surface area (Å²) in [6, 6.07) is 11.4. The summed E-state index contributed by atoms with van der Waals surface area (Å²) in [4.78, 5) is 36.7. The Balaban J connectivity index is 2.25. The molecule has 0 N–H and O–H groups in total. The number of allylic oxidation sites excluding steroid dienone is 2. The Morgan fingerprint density at radius 1 is 0.913 bits per heavy atom. The zero-order valence-electron chi connectivity index (χ0n) is 12.1. The Labute approximate surface area is 131 Å². The normalized spacial score (nSPS) is 13.8. The van der Waals surface area contributed by atoms with E-state index in [4.69, 9.17) is 4.74 Å². The van der Waals surface area contributed by atoms with Crippen LogP contribution in [-0.4, -0.2) is 17.5 Å². The van der Waals surface area contributed by atoms with Crippen LogP contribution in [0.2, 0.25) is 0 Å². The summed E-state index contributed by atoms with van der Waals surface area (Å²) in [5, 5.41) is 0. The molecule has 0 aliphatic heterocycles. The topological polar surface area (TPSA) is 60.4 Å². The molecule has 0 heterocycles. The van der Waals surface area contributed by atoms with Crippen molar-refractivity contribution >= 4 is 23.1 Å². The van der Waals surface area contributed by atoms with Gasteiger partial charge in [-0.05, 0) is 17.7 Å². The highest BCUT2D eigenvalue weighted by atomic mass is 19.1. The van der Waals surface area contributed by atoms with Gasteiger partial charge in [0.25, 0.3) is 0 Å². The lowest BCUT2D eigenvalue weighted by Gasteiger charge is -2.20. The van der Waals surface area contributed by atoms with Gasteiger partial charge in [-0.2, -0.15) is 0 Å². The van der Waals surface area contributed by atoms with Gasteiger partial charge in [-0.25, -0.2) is 4.39 Å². The molecule has 0 atom stereocenters. The van der Waals surface area contributed by atoms with Crippen molar-refractivity contribution in [3.05, 3.63) is 76.8 Å². The number of esters is 1. The van der Waals surface area contributed by atoms with Gasteiger partial charge in [0.05, 0.1) is 5.57 Å². The molecular formula is C18H11FO4. The summed E-state index contributed by atoms with van der Waals surface area (Å²) in [5.74, 6) is -2.50. The minimum absolute atomic E-state index is 0.0381. The largest absolute Gasteiger partial charge is 0.422 e. The Hall–Kier alpha value is -3.08. The van der Waals surface area contributed by atoms with E-state index in [0.29, 0.717) is 5.56 Å². The Morgan fingerprint density at radius 2 is 1.48 bits per heavy atom. The lowest BCUT2D eigenvalue weighted by molar-refractivity contribution is -0.136. The maximum Gasteiger partial charge on any atom is 0.308 e. The highest BCUT2D eigenvalue weighted by Crippen LogP contribution is 2.33. The van der Waals surface area contributed by atoms with Gasteiger partial charge in [-0.1, -0.05) is 36.4 Å². The molecule has 0 saturated heterocycles. The maximum atomic E-state index is 13.1. The Bertz CT molecular complexity index is 863. The standard InChI is InChI=1S/C18H11FO4/c1-10(20)23-18-15(11-6-8-12(19)9-7-11)16(21)13-4-2-3-5-14(13)17(18)22/h2-9H,1H3. The fourth-order valence-electron chi connectivity index (χ4n) is 2.47. The zero-order chi connectivity index (χ0) is 16.6. The molecule has 5 heteroatoms. The second-order valence-electron chi connectivity index (χ2n) is 5.01. The van der Waals surface area contributed by atoms with E-state index in [2.05, 4.69) is 0 Å². The van der Waals surface area contributed by atoms with E-state index in [0.717, 1.165) is 6.92 Å². The molecule has 0 radical (unpaired) electrons. The lowest BCUT2D eigenvalue weighted by Crippen LogP contribution is -2.24. The van der Waals surface area contributed by atoms with Gasteiger partial charge in [0.1, 0.15) is 5.82 Å². The number of ether oxygens (including phenoxy) is 1. The molecule has 1 aliphatic rings. The van der Waals surface area contributed by atoms with Gasteiger partial charge in [-0.3, -0.25) is 14.4 Å². The summed E-state index contributed by atoms with van der Waals surface area (Å²) in [6.45, 7) is 1.15. The average molecular weight is 310 g/mol. The third kappa shape index (κ3) is 2.57. The number of carbonyl (C=O) groups excluding carboxylic acids is 3. The van der Waals surface area contributed by atoms with Gasteiger partial charge in [0, 0.05) is 18.1 Å². The molecule has 3 rings (SSSR count). The van der Waals surface area contributed by atoms with Gasteiger partial charge < -0.3 is 4.74 Å². The van der Waals surface area contributed by atoms with Crippen molar-refractivity contribution in [3.8, 4) is 0 Å². The molecule has 0 unspecified atom stereocenters. The predicted octanol–water partition coefficient (Wildman–Crippen LogP) is 3.18. The first-order valence-electron chi connectivity index (χ1n) is 6.86. The molecule has 0 amide bonds. The number of benzene rings is 2. The van der Waals surface area contributed by atoms with Crippen LogP contribution in [0.25, 0.3) is 5.57 Å². The maximum absolute atomic E-state index is 13.1. The van der Waals surface area contributed by atoms with Gasteiger partial charge in [0.2, 0.25) is 5.78 Å². The quantitative estimate of drug-likeness (QED) is 0.799. The van der Waals surface area contributed by atoms with Crippen LogP contribution in [0.1, 0.15) is 33.2 Å². The number of hydrogen-bond acceptors (Lipinski definition) is 4. The molecular weight excluding hydrogens is 299 g/mol. The SMILES string of the molecule is CC(=O)OC1=C(c2ccc(F)cc2)C(=O)c2ccccc2C1=O. The number of halogens is 1. The first-order chi connectivity index (χ1) is 11.0. The molecule has 4 nitrogen and oxygen atoms in total. The summed E-state index contributed by atoms with van der Waals surface area (Å²) < 4.78 is 18.1. The number of hydrogen-bond donors (Lipinski definition) is 0. The highest BCUT2D eigenvalue weighted by Gasteiger charge is 2.35. The zero-order valence-corrected chi connectivity index (χ0v) is 12.1. The van der Waals surface area contributed by atoms with E-state index in [1.807, 2.05) is 0 Å². The van der Waals surface area contributed by atoms with Crippen molar-refractivity contribution in [3.63, 3.8) is 0 Å². The second kappa shape index (κ2) is 5.61. The van der Waals surface area contributed by atoms with Crippen LogP contribution in [-0.2, 0) is 9.53 Å². The molecule has 2 aromatic carbocycles. The number of fused-ring (bicyclic) bond motifs is 1. The third-order valence-electron chi connectivity index (χ3n) is 3.46. The van der Waals surface area contributed by atoms with Crippen molar-refractivity contribution < 1.29 is 23.5 Å². The molecule has 0 saturated carbocycles. The first-order valence-corrected chi connectivity index (χ1v) is 6.86. The van der Waals surface area contributed by atoms with Crippen LogP contribution in [0, 0.1) is 5.82 Å². The van der Waals surface area contributed by atoms with E-state index in [9.17, 15) is 18.8 Å². The number of carbonyl (C=O) groups is 3. The van der Waals surface area contributed by atoms with Crippen LogP contribution < -0.4 is 0 Å². The molecule has 0 aromatic heterocycles. The summed E-state index contributed by atoms with van der Waals surface area (Å²) >= 11 is 0. The molecule has 23 heavy (non-hydrogen) atoms. The fraction of sp³-hybridized carbons (Fsp3) is 0.0556. The van der Waals surface area contributed by atoms with Crippen LogP contribution in [0.4, 0.5) is 4.39 Å². The minimum atomic E-state index is -0.708. The third-order valence-corrected chi connectivity index (χ3v) is 3.46. The van der Waals surface area contributed by atoms with Crippen molar-refractivity contribution in [2.75, 3.05) is 0 Å². The monoisotopic (exact) mass is 310 g/mol. The molecule has 0 bridgehead atoms. The van der Waals surface area contributed by atoms with Gasteiger partial charge in [0.15, 0.2) is 11.5 Å². The van der Waals surface area contributed by atoms with Crippen molar-refractivity contribution in [1.82, 2.24) is 0 Å². The van der Waals surface area contributed by atoms with E-state index in [-0.39, 0.29) is 22.5 Å². The van der Waals surface area contributed by atoms with E-state index >= 15 is 0 Å². The van der Waals surface area contributed by atoms with Crippen LogP contribution >= 0.6 is 0 Å². The van der Waals surface area contributed by atoms with Crippen molar-refractivity contribution in [2.24, 2.45) is 0 Å². The van der Waals surface area contributed by atoms with Crippen molar-refractivity contribution in [2.45, 2.75) is 6.92 Å². The smallest absolute Gasteiger partial charge is 0.308 e. The van der Waals surface area contributed by atoms with Crippen LogP contribution in [0.5, 0.6) is 0 Å².